The standard InChI is InChI=1S/C16H14FNO5/c17-9-3-4-12-10(8-9)11(2-1-7-22-12)18-15(19)13-5-6-14(23-13)16(20)21/h3-6,8,11H,1-2,7H2,(H,18,19)(H,20,21). The van der Waals surface area contributed by atoms with Gasteiger partial charge < -0.3 is 19.6 Å². The maximum absolute atomic E-state index is 13.5. The van der Waals surface area contributed by atoms with Crippen LogP contribution in [-0.2, 0) is 0 Å². The minimum atomic E-state index is -1.25. The van der Waals surface area contributed by atoms with Gasteiger partial charge in [-0.2, -0.15) is 0 Å². The second kappa shape index (κ2) is 6.12. The second-order valence-electron chi connectivity index (χ2n) is 5.17. The molecule has 3 rings (SSSR count). The second-order valence-corrected chi connectivity index (χ2v) is 5.17. The van der Waals surface area contributed by atoms with Crippen LogP contribution in [-0.4, -0.2) is 23.6 Å². The summed E-state index contributed by atoms with van der Waals surface area (Å²) in [6.45, 7) is 0.481. The number of carbonyl (C=O) groups excluding carboxylic acids is 1. The molecule has 1 aromatic carbocycles. The topological polar surface area (TPSA) is 88.8 Å². The summed E-state index contributed by atoms with van der Waals surface area (Å²) in [5.74, 6) is -2.12. The smallest absolute Gasteiger partial charge is 0.371 e. The first-order valence-electron chi connectivity index (χ1n) is 7.11. The summed E-state index contributed by atoms with van der Waals surface area (Å²) in [5, 5.41) is 11.6. The third-order valence-electron chi connectivity index (χ3n) is 3.59. The molecule has 0 radical (unpaired) electrons. The number of furan rings is 1. The lowest BCUT2D eigenvalue weighted by Crippen LogP contribution is -2.28. The number of carboxylic acid groups (broad SMARTS) is 1. The van der Waals surface area contributed by atoms with E-state index in [1.807, 2.05) is 0 Å². The molecule has 0 aliphatic carbocycles. The molecule has 1 unspecified atom stereocenters. The number of ether oxygens (including phenoxy) is 1. The summed E-state index contributed by atoms with van der Waals surface area (Å²) in [7, 11) is 0. The Morgan fingerprint density at radius 1 is 1.22 bits per heavy atom. The number of hydrogen-bond donors (Lipinski definition) is 2. The number of aromatic carboxylic acids is 1. The summed E-state index contributed by atoms with van der Waals surface area (Å²) in [5.41, 5.74) is 0.556. The van der Waals surface area contributed by atoms with E-state index in [-0.39, 0.29) is 11.5 Å². The van der Waals surface area contributed by atoms with Gasteiger partial charge in [0.25, 0.3) is 5.91 Å². The van der Waals surface area contributed by atoms with Crippen molar-refractivity contribution in [3.63, 3.8) is 0 Å². The summed E-state index contributed by atoms with van der Waals surface area (Å²) in [6.07, 6.45) is 1.27. The van der Waals surface area contributed by atoms with E-state index in [9.17, 15) is 14.0 Å². The number of carboxylic acids is 1. The third-order valence-corrected chi connectivity index (χ3v) is 3.59. The largest absolute Gasteiger partial charge is 0.493 e. The van der Waals surface area contributed by atoms with E-state index in [1.54, 1.807) is 0 Å². The van der Waals surface area contributed by atoms with Gasteiger partial charge in [0.1, 0.15) is 11.6 Å². The molecule has 0 spiro atoms. The van der Waals surface area contributed by atoms with Gasteiger partial charge in [-0.05, 0) is 43.2 Å². The van der Waals surface area contributed by atoms with Gasteiger partial charge in [0.15, 0.2) is 5.76 Å². The SMILES string of the molecule is O=C(O)c1ccc(C(=O)NC2CCCOc3ccc(F)cc32)o1. The number of nitrogens with one attached hydrogen (secondary N) is 1. The van der Waals surface area contributed by atoms with Gasteiger partial charge in [-0.15, -0.1) is 0 Å². The van der Waals surface area contributed by atoms with Gasteiger partial charge in [-0.1, -0.05) is 0 Å². The van der Waals surface area contributed by atoms with Gasteiger partial charge in [0, 0.05) is 5.56 Å². The molecule has 0 saturated carbocycles. The molecule has 7 heteroatoms. The quantitative estimate of drug-likeness (QED) is 0.908. The third kappa shape index (κ3) is 3.18. The average Bonchev–Trinajstić information content (AvgIpc) is 2.94. The first-order valence-corrected chi connectivity index (χ1v) is 7.11. The highest BCUT2D eigenvalue weighted by Gasteiger charge is 2.24. The predicted octanol–water partition coefficient (Wildman–Crippen LogP) is 2.76. The van der Waals surface area contributed by atoms with Crippen molar-refractivity contribution in [2.75, 3.05) is 6.61 Å². The van der Waals surface area contributed by atoms with Crippen LogP contribution in [0.3, 0.4) is 0 Å². The van der Waals surface area contributed by atoms with Crippen LogP contribution in [0.2, 0.25) is 0 Å². The fraction of sp³-hybridized carbons (Fsp3) is 0.250. The molecule has 2 aromatic rings. The summed E-state index contributed by atoms with van der Waals surface area (Å²) in [4.78, 5) is 23.0. The van der Waals surface area contributed by atoms with E-state index in [0.29, 0.717) is 30.8 Å². The van der Waals surface area contributed by atoms with Crippen LogP contribution in [0.4, 0.5) is 4.39 Å². The number of carbonyl (C=O) groups is 2. The van der Waals surface area contributed by atoms with Crippen molar-refractivity contribution >= 4 is 11.9 Å². The molecule has 1 aliphatic rings. The highest BCUT2D eigenvalue weighted by atomic mass is 19.1. The van der Waals surface area contributed by atoms with Crippen molar-refractivity contribution in [1.82, 2.24) is 5.32 Å². The highest BCUT2D eigenvalue weighted by Crippen LogP contribution is 2.32. The van der Waals surface area contributed by atoms with Gasteiger partial charge in [-0.3, -0.25) is 4.79 Å². The Balaban J connectivity index is 1.83. The summed E-state index contributed by atoms with van der Waals surface area (Å²) in [6, 6.07) is 6.23. The number of rotatable bonds is 3. The molecule has 0 saturated heterocycles. The van der Waals surface area contributed by atoms with Crippen LogP contribution in [0.1, 0.15) is 45.6 Å². The van der Waals surface area contributed by atoms with Gasteiger partial charge in [0.05, 0.1) is 12.6 Å². The van der Waals surface area contributed by atoms with E-state index in [0.717, 1.165) is 0 Å². The van der Waals surface area contributed by atoms with E-state index in [2.05, 4.69) is 5.32 Å². The lowest BCUT2D eigenvalue weighted by atomic mass is 10.0. The van der Waals surface area contributed by atoms with E-state index in [1.165, 1.54) is 30.3 Å². The van der Waals surface area contributed by atoms with E-state index < -0.39 is 23.7 Å². The van der Waals surface area contributed by atoms with Crippen molar-refractivity contribution in [1.29, 1.82) is 0 Å². The molecule has 6 nitrogen and oxygen atoms in total. The maximum Gasteiger partial charge on any atom is 0.371 e. The zero-order valence-electron chi connectivity index (χ0n) is 12.0. The average molecular weight is 319 g/mol. The van der Waals surface area contributed by atoms with Crippen LogP contribution in [0, 0.1) is 5.82 Å². The molecule has 2 heterocycles. The van der Waals surface area contributed by atoms with Crippen molar-refractivity contribution < 1.29 is 28.2 Å². The molecule has 1 aliphatic heterocycles. The van der Waals surface area contributed by atoms with Crippen LogP contribution in [0.25, 0.3) is 0 Å². The van der Waals surface area contributed by atoms with Crippen molar-refractivity contribution in [3.05, 3.63) is 53.2 Å². The zero-order chi connectivity index (χ0) is 16.4. The molecule has 120 valence electrons. The Kier molecular flexibility index (Phi) is 4.01. The van der Waals surface area contributed by atoms with Crippen LogP contribution in [0.15, 0.2) is 34.7 Å². The van der Waals surface area contributed by atoms with Gasteiger partial charge in [-0.25, -0.2) is 9.18 Å². The van der Waals surface area contributed by atoms with Crippen LogP contribution in [0.5, 0.6) is 5.75 Å². The summed E-state index contributed by atoms with van der Waals surface area (Å²) < 4.78 is 24.0. The highest BCUT2D eigenvalue weighted by molar-refractivity contribution is 5.93. The normalized spacial score (nSPS) is 16.8. The number of fused-ring (bicyclic) bond motifs is 1. The Hall–Kier alpha value is -2.83. The van der Waals surface area contributed by atoms with Crippen LogP contribution < -0.4 is 10.1 Å². The molecular weight excluding hydrogens is 305 g/mol. The van der Waals surface area contributed by atoms with E-state index >= 15 is 0 Å². The molecular formula is C16H14FNO5. The molecule has 23 heavy (non-hydrogen) atoms. The lowest BCUT2D eigenvalue weighted by molar-refractivity contribution is 0.0659. The van der Waals surface area contributed by atoms with Crippen molar-refractivity contribution in [2.45, 2.75) is 18.9 Å². The Labute approximate surface area is 130 Å². The van der Waals surface area contributed by atoms with Crippen LogP contribution >= 0.6 is 0 Å². The van der Waals surface area contributed by atoms with E-state index in [4.69, 9.17) is 14.3 Å². The zero-order valence-corrected chi connectivity index (χ0v) is 12.0. The molecule has 1 aromatic heterocycles. The maximum atomic E-state index is 13.5. The number of halogens is 1. The minimum Gasteiger partial charge on any atom is -0.493 e. The molecule has 1 atom stereocenters. The van der Waals surface area contributed by atoms with Gasteiger partial charge >= 0.3 is 5.97 Å². The molecule has 1 amide bonds. The summed E-state index contributed by atoms with van der Waals surface area (Å²) >= 11 is 0. The van der Waals surface area contributed by atoms with Gasteiger partial charge in [0.2, 0.25) is 5.76 Å². The van der Waals surface area contributed by atoms with Crippen molar-refractivity contribution in [3.8, 4) is 5.75 Å². The fourth-order valence-electron chi connectivity index (χ4n) is 2.50. The Morgan fingerprint density at radius 2 is 2.00 bits per heavy atom. The fourth-order valence-corrected chi connectivity index (χ4v) is 2.50. The van der Waals surface area contributed by atoms with Crippen molar-refractivity contribution in [2.24, 2.45) is 0 Å². The molecule has 0 bridgehead atoms. The monoisotopic (exact) mass is 319 g/mol. The Bertz CT molecular complexity index is 755. The first-order chi connectivity index (χ1) is 11.0. The predicted molar refractivity (Wildman–Crippen MR) is 77.0 cm³/mol. The lowest BCUT2D eigenvalue weighted by Gasteiger charge is -2.17. The first kappa shape index (κ1) is 15.1. The molecule has 0 fully saturated rings. The molecule has 2 N–H and O–H groups in total. The number of amides is 1. The number of hydrogen-bond acceptors (Lipinski definition) is 4. The minimum absolute atomic E-state index is 0.106. The Morgan fingerprint density at radius 3 is 2.74 bits per heavy atom. The number of benzene rings is 1.